The van der Waals surface area contributed by atoms with Gasteiger partial charge in [0.1, 0.15) is 11.5 Å². The summed E-state index contributed by atoms with van der Waals surface area (Å²) in [4.78, 5) is 32.1. The van der Waals surface area contributed by atoms with Gasteiger partial charge < -0.3 is 14.8 Å². The molecule has 36 heavy (non-hydrogen) atoms. The molecule has 3 aromatic carbocycles. The molecular formula is C26H21ClFN3O4S. The molecule has 0 aliphatic heterocycles. The third-order valence-electron chi connectivity index (χ3n) is 5.19. The van der Waals surface area contributed by atoms with E-state index in [1.807, 2.05) is 0 Å². The van der Waals surface area contributed by atoms with E-state index in [0.717, 1.165) is 11.3 Å². The number of methoxy groups -OCH3 is 2. The van der Waals surface area contributed by atoms with Gasteiger partial charge in [-0.25, -0.2) is 9.37 Å². The van der Waals surface area contributed by atoms with Crippen LogP contribution in [0.3, 0.4) is 0 Å². The molecule has 0 unspecified atom stereocenters. The molecule has 0 aliphatic carbocycles. The van der Waals surface area contributed by atoms with Crippen molar-refractivity contribution >= 4 is 45.6 Å². The molecule has 0 saturated heterocycles. The number of aromatic nitrogens is 1. The first-order valence-electron chi connectivity index (χ1n) is 10.7. The van der Waals surface area contributed by atoms with Crippen molar-refractivity contribution < 1.29 is 23.5 Å². The van der Waals surface area contributed by atoms with Gasteiger partial charge in [-0.2, -0.15) is 0 Å². The number of hydrogen-bond donors (Lipinski definition) is 1. The summed E-state index contributed by atoms with van der Waals surface area (Å²) in [5, 5.41) is 4.79. The monoisotopic (exact) mass is 525 g/mol. The lowest BCUT2D eigenvalue weighted by Crippen LogP contribution is -2.27. The fraction of sp³-hybridized carbons (Fsp3) is 0.115. The Balaban J connectivity index is 1.67. The quantitative estimate of drug-likeness (QED) is 0.311. The van der Waals surface area contributed by atoms with Gasteiger partial charge in [-0.15, -0.1) is 11.3 Å². The molecule has 0 fully saturated rings. The maximum atomic E-state index is 13.6. The van der Waals surface area contributed by atoms with E-state index >= 15 is 0 Å². The average molecular weight is 526 g/mol. The van der Waals surface area contributed by atoms with Crippen molar-refractivity contribution in [1.82, 2.24) is 10.3 Å². The maximum absolute atomic E-state index is 13.6. The van der Waals surface area contributed by atoms with Crippen LogP contribution in [-0.2, 0) is 6.54 Å². The van der Waals surface area contributed by atoms with Crippen molar-refractivity contribution in [2.75, 3.05) is 19.1 Å². The van der Waals surface area contributed by atoms with Gasteiger partial charge in [0.25, 0.3) is 11.8 Å². The number of benzene rings is 3. The molecule has 0 atom stereocenters. The molecular weight excluding hydrogens is 505 g/mol. The largest absolute Gasteiger partial charge is 0.493 e. The number of amides is 2. The SMILES string of the molecule is COc1ccc(N(C(=O)c2ccccc2Cl)c2nc(C(=O)NCc3cccc(F)c3)cs2)cc1OC. The summed E-state index contributed by atoms with van der Waals surface area (Å²) < 4.78 is 24.1. The summed E-state index contributed by atoms with van der Waals surface area (Å²) in [7, 11) is 3.01. The fourth-order valence-corrected chi connectivity index (χ4v) is 4.46. The van der Waals surface area contributed by atoms with Crippen molar-refractivity contribution in [3.05, 3.63) is 99.8 Å². The third kappa shape index (κ3) is 5.48. The van der Waals surface area contributed by atoms with Crippen LogP contribution in [0, 0.1) is 5.82 Å². The van der Waals surface area contributed by atoms with Gasteiger partial charge >= 0.3 is 0 Å². The summed E-state index contributed by atoms with van der Waals surface area (Å²) in [5.41, 5.74) is 1.43. The van der Waals surface area contributed by atoms with Crippen LogP contribution in [0.15, 0.2) is 72.1 Å². The van der Waals surface area contributed by atoms with Gasteiger partial charge in [-0.05, 0) is 42.0 Å². The second kappa shape index (κ2) is 11.2. The molecule has 0 aliphatic rings. The average Bonchev–Trinajstić information content (AvgIpc) is 3.37. The Morgan fingerprint density at radius 1 is 1.03 bits per heavy atom. The van der Waals surface area contributed by atoms with E-state index in [4.69, 9.17) is 21.1 Å². The molecule has 0 saturated carbocycles. The highest BCUT2D eigenvalue weighted by Crippen LogP contribution is 2.37. The number of rotatable bonds is 8. The Kier molecular flexibility index (Phi) is 7.82. The molecule has 2 amide bonds. The summed E-state index contributed by atoms with van der Waals surface area (Å²) in [5.74, 6) is -0.381. The van der Waals surface area contributed by atoms with Gasteiger partial charge in [0.15, 0.2) is 16.6 Å². The highest BCUT2D eigenvalue weighted by molar-refractivity contribution is 7.14. The van der Waals surface area contributed by atoms with E-state index in [0.29, 0.717) is 22.7 Å². The predicted molar refractivity (Wildman–Crippen MR) is 137 cm³/mol. The second-order valence-electron chi connectivity index (χ2n) is 7.49. The van der Waals surface area contributed by atoms with Crippen LogP contribution in [0.5, 0.6) is 11.5 Å². The highest BCUT2D eigenvalue weighted by Gasteiger charge is 2.26. The minimum Gasteiger partial charge on any atom is -0.493 e. The van der Waals surface area contributed by atoms with Crippen LogP contribution in [-0.4, -0.2) is 31.0 Å². The van der Waals surface area contributed by atoms with E-state index in [9.17, 15) is 14.0 Å². The van der Waals surface area contributed by atoms with Gasteiger partial charge in [-0.3, -0.25) is 14.5 Å². The molecule has 0 radical (unpaired) electrons. The molecule has 1 aromatic heterocycles. The number of anilines is 2. The van der Waals surface area contributed by atoms with Gasteiger partial charge in [-0.1, -0.05) is 35.9 Å². The number of carbonyl (C=O) groups is 2. The zero-order valence-corrected chi connectivity index (χ0v) is 20.9. The molecule has 4 aromatic rings. The van der Waals surface area contributed by atoms with Crippen LogP contribution in [0.4, 0.5) is 15.2 Å². The lowest BCUT2D eigenvalue weighted by molar-refractivity contribution is 0.0944. The lowest BCUT2D eigenvalue weighted by Gasteiger charge is -2.22. The van der Waals surface area contributed by atoms with Gasteiger partial charge in [0, 0.05) is 18.0 Å². The number of thiazole rings is 1. The molecule has 1 N–H and O–H groups in total. The van der Waals surface area contributed by atoms with Crippen LogP contribution in [0.25, 0.3) is 0 Å². The van der Waals surface area contributed by atoms with Crippen molar-refractivity contribution in [2.45, 2.75) is 6.54 Å². The van der Waals surface area contributed by atoms with Gasteiger partial charge in [0.2, 0.25) is 0 Å². The zero-order valence-electron chi connectivity index (χ0n) is 19.3. The Bertz CT molecular complexity index is 1410. The Hall–Kier alpha value is -3.95. The molecule has 7 nitrogen and oxygen atoms in total. The van der Waals surface area contributed by atoms with Crippen molar-refractivity contribution in [2.24, 2.45) is 0 Å². The molecule has 0 bridgehead atoms. The summed E-state index contributed by atoms with van der Waals surface area (Å²) in [6, 6.07) is 17.6. The maximum Gasteiger partial charge on any atom is 0.271 e. The van der Waals surface area contributed by atoms with Crippen LogP contribution in [0.2, 0.25) is 5.02 Å². The first-order valence-corrected chi connectivity index (χ1v) is 12.0. The van der Waals surface area contributed by atoms with E-state index in [2.05, 4.69) is 10.3 Å². The van der Waals surface area contributed by atoms with E-state index in [-0.39, 0.29) is 33.8 Å². The Morgan fingerprint density at radius 2 is 1.81 bits per heavy atom. The molecule has 4 rings (SSSR count). The van der Waals surface area contributed by atoms with Crippen LogP contribution >= 0.6 is 22.9 Å². The number of nitrogens with zero attached hydrogens (tertiary/aromatic N) is 2. The number of carbonyl (C=O) groups excluding carboxylic acids is 2. The molecule has 1 heterocycles. The fourth-order valence-electron chi connectivity index (χ4n) is 3.42. The Morgan fingerprint density at radius 3 is 2.53 bits per heavy atom. The predicted octanol–water partition coefficient (Wildman–Crippen LogP) is 5.86. The van der Waals surface area contributed by atoms with E-state index in [1.165, 1.54) is 31.3 Å². The number of halogens is 2. The summed E-state index contributed by atoms with van der Waals surface area (Å²) in [6.45, 7) is 0.126. The van der Waals surface area contributed by atoms with E-state index in [1.54, 1.807) is 60.0 Å². The highest BCUT2D eigenvalue weighted by atomic mass is 35.5. The zero-order chi connectivity index (χ0) is 25.7. The smallest absolute Gasteiger partial charge is 0.271 e. The van der Waals surface area contributed by atoms with Crippen LogP contribution in [0.1, 0.15) is 26.4 Å². The lowest BCUT2D eigenvalue weighted by atomic mass is 10.1. The molecule has 0 spiro atoms. The normalized spacial score (nSPS) is 10.6. The first-order chi connectivity index (χ1) is 17.4. The minimum absolute atomic E-state index is 0.115. The summed E-state index contributed by atoms with van der Waals surface area (Å²) in [6.07, 6.45) is 0. The number of hydrogen-bond acceptors (Lipinski definition) is 6. The van der Waals surface area contributed by atoms with Crippen LogP contribution < -0.4 is 19.7 Å². The Labute approximate surface area is 216 Å². The first kappa shape index (κ1) is 25.2. The van der Waals surface area contributed by atoms with Crippen molar-refractivity contribution in [3.8, 4) is 11.5 Å². The summed E-state index contributed by atoms with van der Waals surface area (Å²) >= 11 is 7.43. The number of ether oxygens (including phenoxy) is 2. The minimum atomic E-state index is -0.459. The standard InChI is InChI=1S/C26H21ClFN3O4S/c1-34-22-11-10-18(13-23(22)35-2)31(25(33)19-8-3-4-9-20(19)27)26-30-21(15-36-26)24(32)29-14-16-6-5-7-17(28)12-16/h3-13,15H,14H2,1-2H3,(H,29,32). The number of nitrogens with one attached hydrogen (secondary N) is 1. The van der Waals surface area contributed by atoms with Crippen molar-refractivity contribution in [3.63, 3.8) is 0 Å². The molecule has 10 heteroatoms. The van der Waals surface area contributed by atoms with E-state index < -0.39 is 11.8 Å². The molecule has 184 valence electrons. The van der Waals surface area contributed by atoms with Gasteiger partial charge in [0.05, 0.1) is 30.5 Å². The third-order valence-corrected chi connectivity index (χ3v) is 6.35. The topological polar surface area (TPSA) is 80.8 Å². The van der Waals surface area contributed by atoms with Crippen molar-refractivity contribution in [1.29, 1.82) is 0 Å². The second-order valence-corrected chi connectivity index (χ2v) is 8.73.